The van der Waals surface area contributed by atoms with Crippen LogP contribution in [0.4, 0.5) is 11.4 Å². The van der Waals surface area contributed by atoms with Gasteiger partial charge in [-0.05, 0) is 43.2 Å². The van der Waals surface area contributed by atoms with Gasteiger partial charge in [-0.2, -0.15) is 0 Å². The summed E-state index contributed by atoms with van der Waals surface area (Å²) in [4.78, 5) is 28.4. The molecule has 0 amide bonds. The van der Waals surface area contributed by atoms with Crippen molar-refractivity contribution >= 4 is 17.1 Å². The number of nitrogens with one attached hydrogen (secondary N) is 1. The van der Waals surface area contributed by atoms with Crippen molar-refractivity contribution in [3.8, 4) is 5.69 Å². The first kappa shape index (κ1) is 21.9. The largest absolute Gasteiger partial charge is 0.316 e. The van der Waals surface area contributed by atoms with Gasteiger partial charge in [0.1, 0.15) is 12.7 Å². The van der Waals surface area contributed by atoms with Gasteiger partial charge >= 0.3 is 0 Å². The summed E-state index contributed by atoms with van der Waals surface area (Å²) in [6, 6.07) is 13.6. The standard InChI is InChI=1S/C23H23N7O3/c1-3-4-21-22(23(31)29(27-21)19-9-11-20(12-10-19)30(32)33)16(2)26-18-7-5-17(6-8-18)13-28-14-24-25-15-28/h5-12,14-15,27H,3-4,13H2,1-2H3. The molecule has 0 aliphatic rings. The molecule has 4 rings (SSSR count). The molecule has 0 bridgehead atoms. The lowest BCUT2D eigenvalue weighted by Crippen LogP contribution is -2.19. The van der Waals surface area contributed by atoms with Crippen molar-refractivity contribution in [2.24, 2.45) is 4.99 Å². The van der Waals surface area contributed by atoms with Crippen molar-refractivity contribution in [2.45, 2.75) is 33.2 Å². The van der Waals surface area contributed by atoms with E-state index in [1.165, 1.54) is 16.8 Å². The van der Waals surface area contributed by atoms with E-state index in [9.17, 15) is 14.9 Å². The first-order valence-corrected chi connectivity index (χ1v) is 10.5. The Morgan fingerprint density at radius 1 is 1.09 bits per heavy atom. The molecule has 0 radical (unpaired) electrons. The monoisotopic (exact) mass is 445 g/mol. The van der Waals surface area contributed by atoms with Crippen LogP contribution >= 0.6 is 0 Å². The number of aliphatic imine (C=N–C) groups is 1. The van der Waals surface area contributed by atoms with Gasteiger partial charge in [-0.25, -0.2) is 4.68 Å². The van der Waals surface area contributed by atoms with Crippen molar-refractivity contribution in [2.75, 3.05) is 0 Å². The lowest BCUT2D eigenvalue weighted by Gasteiger charge is -2.04. The molecule has 0 saturated carbocycles. The number of hydrogen-bond acceptors (Lipinski definition) is 6. The summed E-state index contributed by atoms with van der Waals surface area (Å²) < 4.78 is 3.28. The smallest absolute Gasteiger partial charge is 0.280 e. The predicted octanol–water partition coefficient (Wildman–Crippen LogP) is 3.81. The Hall–Kier alpha value is -4.34. The van der Waals surface area contributed by atoms with Crippen LogP contribution in [-0.4, -0.2) is 35.2 Å². The van der Waals surface area contributed by atoms with Crippen molar-refractivity contribution in [3.63, 3.8) is 0 Å². The third kappa shape index (κ3) is 4.79. The molecule has 0 aliphatic heterocycles. The van der Waals surface area contributed by atoms with Gasteiger partial charge < -0.3 is 4.57 Å². The zero-order valence-corrected chi connectivity index (χ0v) is 18.3. The summed E-state index contributed by atoms with van der Waals surface area (Å²) in [6.45, 7) is 4.51. The highest BCUT2D eigenvalue weighted by atomic mass is 16.6. The molecular weight excluding hydrogens is 422 g/mol. The average Bonchev–Trinajstić information content (AvgIpc) is 3.43. The molecule has 0 spiro atoms. The number of nitro benzene ring substituents is 1. The minimum atomic E-state index is -0.469. The van der Waals surface area contributed by atoms with Crippen LogP contribution < -0.4 is 5.56 Å². The van der Waals surface area contributed by atoms with E-state index in [0.717, 1.165) is 23.4 Å². The highest BCUT2D eigenvalue weighted by molar-refractivity contribution is 6.01. The second kappa shape index (κ2) is 9.43. The Morgan fingerprint density at radius 2 is 1.76 bits per heavy atom. The van der Waals surface area contributed by atoms with Gasteiger partial charge in [-0.15, -0.1) is 10.2 Å². The molecule has 0 atom stereocenters. The quantitative estimate of drug-likeness (QED) is 0.251. The lowest BCUT2D eigenvalue weighted by molar-refractivity contribution is -0.384. The fraction of sp³-hybridized carbons (Fsp3) is 0.217. The van der Waals surface area contributed by atoms with Crippen molar-refractivity contribution in [1.82, 2.24) is 24.5 Å². The number of hydrogen-bond donors (Lipinski definition) is 1. The topological polar surface area (TPSA) is 124 Å². The number of nitro groups is 1. The Bertz CT molecular complexity index is 1330. The minimum absolute atomic E-state index is 0.0298. The lowest BCUT2D eigenvalue weighted by atomic mass is 10.1. The van der Waals surface area contributed by atoms with Crippen LogP contribution in [0, 0.1) is 10.1 Å². The van der Waals surface area contributed by atoms with E-state index in [1.807, 2.05) is 42.7 Å². The first-order chi connectivity index (χ1) is 16.0. The maximum absolute atomic E-state index is 13.2. The van der Waals surface area contributed by atoms with Gasteiger partial charge in [0.25, 0.3) is 11.2 Å². The van der Waals surface area contributed by atoms with Gasteiger partial charge in [0.05, 0.1) is 27.6 Å². The zero-order valence-electron chi connectivity index (χ0n) is 18.3. The van der Waals surface area contributed by atoms with Crippen LogP contribution in [0.1, 0.15) is 37.1 Å². The van der Waals surface area contributed by atoms with Crippen LogP contribution in [-0.2, 0) is 13.0 Å². The van der Waals surface area contributed by atoms with Crippen LogP contribution in [0.15, 0.2) is 71.0 Å². The number of H-pyrrole nitrogens is 1. The molecule has 0 fully saturated rings. The number of aromatic nitrogens is 5. The number of aromatic amines is 1. The van der Waals surface area contributed by atoms with Crippen LogP contribution in [0.5, 0.6) is 0 Å². The van der Waals surface area contributed by atoms with Gasteiger partial charge in [0.15, 0.2) is 0 Å². The zero-order chi connectivity index (χ0) is 23.4. The first-order valence-electron chi connectivity index (χ1n) is 10.5. The fourth-order valence-electron chi connectivity index (χ4n) is 3.63. The summed E-state index contributed by atoms with van der Waals surface area (Å²) >= 11 is 0. The van der Waals surface area contributed by atoms with Crippen molar-refractivity contribution in [3.05, 3.63) is 98.5 Å². The van der Waals surface area contributed by atoms with Gasteiger partial charge in [-0.3, -0.25) is 25.0 Å². The molecule has 0 aliphatic carbocycles. The fourth-order valence-corrected chi connectivity index (χ4v) is 3.63. The molecule has 0 saturated heterocycles. The number of aryl methyl sites for hydroxylation is 1. The van der Waals surface area contributed by atoms with E-state index >= 15 is 0 Å². The van der Waals surface area contributed by atoms with Crippen molar-refractivity contribution < 1.29 is 4.92 Å². The SMILES string of the molecule is CCCc1[nH]n(-c2ccc([N+](=O)[O-])cc2)c(=O)c1C(C)=Nc1ccc(Cn2cnnc2)cc1. The van der Waals surface area contributed by atoms with E-state index in [1.54, 1.807) is 24.8 Å². The number of non-ortho nitro benzene ring substituents is 1. The maximum Gasteiger partial charge on any atom is 0.280 e. The summed E-state index contributed by atoms with van der Waals surface area (Å²) in [5, 5.41) is 21.7. The highest BCUT2D eigenvalue weighted by Crippen LogP contribution is 2.19. The molecule has 1 N–H and O–H groups in total. The highest BCUT2D eigenvalue weighted by Gasteiger charge is 2.18. The maximum atomic E-state index is 13.2. The average molecular weight is 445 g/mol. The molecule has 0 unspecified atom stereocenters. The van der Waals surface area contributed by atoms with Gasteiger partial charge in [0, 0.05) is 24.4 Å². The van der Waals surface area contributed by atoms with E-state index < -0.39 is 4.92 Å². The molecule has 10 heteroatoms. The van der Waals surface area contributed by atoms with Gasteiger partial charge in [-0.1, -0.05) is 25.5 Å². The van der Waals surface area contributed by atoms with Crippen LogP contribution in [0.3, 0.4) is 0 Å². The molecular formula is C23H23N7O3. The predicted molar refractivity (Wildman–Crippen MR) is 124 cm³/mol. The molecule has 4 aromatic rings. The third-order valence-electron chi connectivity index (χ3n) is 5.21. The Balaban J connectivity index is 1.65. The summed E-state index contributed by atoms with van der Waals surface area (Å²) in [7, 11) is 0. The summed E-state index contributed by atoms with van der Waals surface area (Å²) in [6.07, 6.45) is 4.84. The molecule has 33 heavy (non-hydrogen) atoms. The minimum Gasteiger partial charge on any atom is -0.316 e. The molecule has 10 nitrogen and oxygen atoms in total. The third-order valence-corrected chi connectivity index (χ3v) is 5.21. The molecule has 2 aromatic heterocycles. The number of benzene rings is 2. The van der Waals surface area contributed by atoms with Crippen LogP contribution in [0.25, 0.3) is 5.69 Å². The van der Waals surface area contributed by atoms with Crippen LogP contribution in [0.2, 0.25) is 0 Å². The van der Waals surface area contributed by atoms with E-state index in [2.05, 4.69) is 20.3 Å². The van der Waals surface area contributed by atoms with Crippen molar-refractivity contribution in [1.29, 1.82) is 0 Å². The molecule has 2 aromatic carbocycles. The van der Waals surface area contributed by atoms with Gasteiger partial charge in [0.2, 0.25) is 0 Å². The summed E-state index contributed by atoms with van der Waals surface area (Å²) in [5.41, 5.74) is 3.99. The Labute approximate surface area is 189 Å². The van der Waals surface area contributed by atoms with E-state index in [-0.39, 0.29) is 11.2 Å². The molecule has 2 heterocycles. The normalized spacial score (nSPS) is 11.6. The van der Waals surface area contributed by atoms with E-state index in [4.69, 9.17) is 0 Å². The second-order valence-electron chi connectivity index (χ2n) is 7.63. The number of nitrogens with zero attached hydrogens (tertiary/aromatic N) is 6. The summed E-state index contributed by atoms with van der Waals surface area (Å²) in [5.74, 6) is 0. The second-order valence-corrected chi connectivity index (χ2v) is 7.63. The van der Waals surface area contributed by atoms with E-state index in [0.29, 0.717) is 29.9 Å². The Morgan fingerprint density at radius 3 is 2.36 bits per heavy atom. The molecule has 168 valence electrons. The Kier molecular flexibility index (Phi) is 6.25. The number of rotatable bonds is 8.